The molecule has 28 heavy (non-hydrogen) atoms. The summed E-state index contributed by atoms with van der Waals surface area (Å²) in [7, 11) is 1.60. The van der Waals surface area contributed by atoms with Crippen LogP contribution in [0.2, 0.25) is 0 Å². The van der Waals surface area contributed by atoms with E-state index < -0.39 is 0 Å². The minimum atomic E-state index is -0.107. The molecule has 0 unspecified atom stereocenters. The van der Waals surface area contributed by atoms with Crippen LogP contribution < -0.4 is 10.1 Å². The van der Waals surface area contributed by atoms with E-state index in [9.17, 15) is 4.79 Å². The number of hydrogen-bond donors (Lipinski definition) is 1. The van der Waals surface area contributed by atoms with Gasteiger partial charge in [0.1, 0.15) is 11.3 Å². The third-order valence-corrected chi connectivity index (χ3v) is 5.86. The molecule has 0 spiro atoms. The van der Waals surface area contributed by atoms with Gasteiger partial charge in [0.25, 0.3) is 5.91 Å². The lowest BCUT2D eigenvalue weighted by Crippen LogP contribution is -2.50. The first-order valence-electron chi connectivity index (χ1n) is 9.90. The lowest BCUT2D eigenvalue weighted by molar-refractivity contribution is -0.0283. The fraction of sp³-hybridized carbons (Fsp3) is 0.571. The number of benzene rings is 1. The maximum absolute atomic E-state index is 12.9. The van der Waals surface area contributed by atoms with E-state index in [2.05, 4.69) is 10.2 Å². The number of morpholine rings is 1. The van der Waals surface area contributed by atoms with Gasteiger partial charge in [0.05, 0.1) is 32.0 Å². The zero-order valence-corrected chi connectivity index (χ0v) is 16.4. The Morgan fingerprint density at radius 1 is 1.18 bits per heavy atom. The molecule has 0 aliphatic carbocycles. The SMILES string of the molecule is COc1cc(C(=O)NCC2(CN3CCOCC3)CCOCC2)cc2occc12. The second kappa shape index (κ2) is 8.51. The number of amides is 1. The third-order valence-electron chi connectivity index (χ3n) is 5.86. The molecule has 1 N–H and O–H groups in total. The van der Waals surface area contributed by atoms with E-state index in [-0.39, 0.29) is 11.3 Å². The van der Waals surface area contributed by atoms with Crippen LogP contribution in [0.5, 0.6) is 5.75 Å². The van der Waals surface area contributed by atoms with Gasteiger partial charge in [0, 0.05) is 50.4 Å². The number of methoxy groups -OCH3 is 1. The zero-order valence-electron chi connectivity index (χ0n) is 16.4. The second-order valence-electron chi connectivity index (χ2n) is 7.69. The van der Waals surface area contributed by atoms with Gasteiger partial charge in [-0.25, -0.2) is 0 Å². The molecule has 2 aromatic rings. The Kier molecular flexibility index (Phi) is 5.85. The average Bonchev–Trinajstić information content (AvgIpc) is 3.21. The highest BCUT2D eigenvalue weighted by Gasteiger charge is 2.35. The summed E-state index contributed by atoms with van der Waals surface area (Å²) in [6, 6.07) is 5.38. The number of nitrogens with zero attached hydrogens (tertiary/aromatic N) is 1. The Hall–Kier alpha value is -2.09. The third kappa shape index (κ3) is 4.16. The summed E-state index contributed by atoms with van der Waals surface area (Å²) in [4.78, 5) is 15.3. The molecule has 0 atom stereocenters. The van der Waals surface area contributed by atoms with Crippen LogP contribution in [-0.4, -0.2) is 70.5 Å². The largest absolute Gasteiger partial charge is 0.496 e. The summed E-state index contributed by atoms with van der Waals surface area (Å²) in [5.41, 5.74) is 1.23. The molecular formula is C21H28N2O5. The van der Waals surface area contributed by atoms with E-state index in [4.69, 9.17) is 18.6 Å². The fourth-order valence-electron chi connectivity index (χ4n) is 4.14. The van der Waals surface area contributed by atoms with Crippen LogP contribution in [-0.2, 0) is 9.47 Å². The first kappa shape index (κ1) is 19.2. The normalized spacial score (nSPS) is 20.2. The van der Waals surface area contributed by atoms with Gasteiger partial charge in [0.2, 0.25) is 0 Å². The molecule has 152 valence electrons. The van der Waals surface area contributed by atoms with Gasteiger partial charge < -0.3 is 23.9 Å². The number of carbonyl (C=O) groups excluding carboxylic acids is 1. The number of ether oxygens (including phenoxy) is 3. The van der Waals surface area contributed by atoms with Gasteiger partial charge in [-0.3, -0.25) is 9.69 Å². The highest BCUT2D eigenvalue weighted by molar-refractivity contribution is 5.99. The van der Waals surface area contributed by atoms with E-state index in [1.165, 1.54) is 0 Å². The van der Waals surface area contributed by atoms with Crippen LogP contribution in [0.1, 0.15) is 23.2 Å². The average molecular weight is 388 g/mol. The molecule has 1 aromatic heterocycles. The van der Waals surface area contributed by atoms with Gasteiger partial charge in [-0.2, -0.15) is 0 Å². The van der Waals surface area contributed by atoms with Gasteiger partial charge in [-0.05, 0) is 31.0 Å². The Morgan fingerprint density at radius 2 is 1.93 bits per heavy atom. The molecule has 3 heterocycles. The summed E-state index contributed by atoms with van der Waals surface area (Å²) in [6.07, 6.45) is 3.50. The summed E-state index contributed by atoms with van der Waals surface area (Å²) in [5, 5.41) is 4.03. The lowest BCUT2D eigenvalue weighted by Gasteiger charge is -2.42. The van der Waals surface area contributed by atoms with Crippen molar-refractivity contribution in [2.75, 3.05) is 59.7 Å². The Balaban J connectivity index is 1.46. The predicted octanol–water partition coefficient (Wildman–Crippen LogP) is 2.30. The van der Waals surface area contributed by atoms with E-state index in [1.807, 2.05) is 6.07 Å². The molecule has 0 saturated carbocycles. The topological polar surface area (TPSA) is 73.2 Å². The number of hydrogen-bond acceptors (Lipinski definition) is 6. The molecule has 0 bridgehead atoms. The van der Waals surface area contributed by atoms with E-state index in [0.717, 1.165) is 64.3 Å². The standard InChI is InChI=1S/C21H28N2O5/c1-25-18-12-16(13-19-17(18)2-7-28-19)20(24)22-14-21(3-8-26-9-4-21)15-23-5-10-27-11-6-23/h2,7,12-13H,3-6,8-11,14-15H2,1H3,(H,22,24). The second-order valence-corrected chi connectivity index (χ2v) is 7.69. The van der Waals surface area contributed by atoms with Crippen LogP contribution in [0.4, 0.5) is 0 Å². The highest BCUT2D eigenvalue weighted by atomic mass is 16.5. The predicted molar refractivity (Wildman–Crippen MR) is 105 cm³/mol. The number of fused-ring (bicyclic) bond motifs is 1. The Morgan fingerprint density at radius 3 is 2.68 bits per heavy atom. The lowest BCUT2D eigenvalue weighted by atomic mass is 9.79. The monoisotopic (exact) mass is 388 g/mol. The Bertz CT molecular complexity index is 806. The van der Waals surface area contributed by atoms with Crippen LogP contribution >= 0.6 is 0 Å². The van der Waals surface area contributed by atoms with Crippen molar-refractivity contribution >= 4 is 16.9 Å². The van der Waals surface area contributed by atoms with Crippen molar-refractivity contribution < 1.29 is 23.4 Å². The summed E-state index contributed by atoms with van der Waals surface area (Å²) in [5.74, 6) is 0.537. The molecule has 2 saturated heterocycles. The maximum atomic E-state index is 12.9. The smallest absolute Gasteiger partial charge is 0.251 e. The number of carbonyl (C=O) groups is 1. The molecule has 0 radical (unpaired) electrons. The molecule has 7 nitrogen and oxygen atoms in total. The molecule has 2 aliphatic heterocycles. The van der Waals surface area contributed by atoms with Crippen molar-refractivity contribution in [3.8, 4) is 5.75 Å². The first-order chi connectivity index (χ1) is 13.7. The van der Waals surface area contributed by atoms with Crippen molar-refractivity contribution in [3.05, 3.63) is 30.0 Å². The van der Waals surface area contributed by atoms with Crippen LogP contribution in [0.3, 0.4) is 0 Å². The first-order valence-corrected chi connectivity index (χ1v) is 9.90. The molecular weight excluding hydrogens is 360 g/mol. The summed E-state index contributed by atoms with van der Waals surface area (Å²) >= 11 is 0. The molecule has 1 aromatic carbocycles. The van der Waals surface area contributed by atoms with Crippen LogP contribution in [0.15, 0.2) is 28.9 Å². The molecule has 2 aliphatic rings. The zero-order chi connectivity index (χ0) is 19.4. The van der Waals surface area contributed by atoms with E-state index in [0.29, 0.717) is 23.4 Å². The number of nitrogens with one attached hydrogen (secondary N) is 1. The van der Waals surface area contributed by atoms with Crippen molar-refractivity contribution in [2.45, 2.75) is 12.8 Å². The van der Waals surface area contributed by atoms with Gasteiger partial charge in [-0.15, -0.1) is 0 Å². The fourth-order valence-corrected chi connectivity index (χ4v) is 4.14. The molecule has 4 rings (SSSR count). The van der Waals surface area contributed by atoms with Crippen LogP contribution in [0.25, 0.3) is 11.0 Å². The van der Waals surface area contributed by atoms with Crippen molar-refractivity contribution in [3.63, 3.8) is 0 Å². The van der Waals surface area contributed by atoms with Crippen LogP contribution in [0, 0.1) is 5.41 Å². The van der Waals surface area contributed by atoms with Gasteiger partial charge in [0.15, 0.2) is 0 Å². The van der Waals surface area contributed by atoms with Crippen molar-refractivity contribution in [1.29, 1.82) is 0 Å². The van der Waals surface area contributed by atoms with E-state index in [1.54, 1.807) is 25.5 Å². The van der Waals surface area contributed by atoms with E-state index >= 15 is 0 Å². The van der Waals surface area contributed by atoms with Crippen molar-refractivity contribution in [1.82, 2.24) is 10.2 Å². The van der Waals surface area contributed by atoms with Crippen molar-refractivity contribution in [2.24, 2.45) is 5.41 Å². The minimum absolute atomic E-state index is 0.0319. The maximum Gasteiger partial charge on any atom is 0.251 e. The quantitative estimate of drug-likeness (QED) is 0.819. The van der Waals surface area contributed by atoms with Gasteiger partial charge in [-0.1, -0.05) is 0 Å². The minimum Gasteiger partial charge on any atom is -0.496 e. The summed E-state index contributed by atoms with van der Waals surface area (Å²) in [6.45, 7) is 6.53. The molecule has 1 amide bonds. The number of furan rings is 1. The van der Waals surface area contributed by atoms with Gasteiger partial charge >= 0.3 is 0 Å². The number of rotatable bonds is 6. The molecule has 2 fully saturated rings. The summed E-state index contributed by atoms with van der Waals surface area (Å²) < 4.78 is 21.9. The Labute approximate surface area is 164 Å². The molecule has 7 heteroatoms. The highest BCUT2D eigenvalue weighted by Crippen LogP contribution is 2.32.